The van der Waals surface area contributed by atoms with E-state index in [0.717, 1.165) is 38.3 Å². The first-order valence-corrected chi connectivity index (χ1v) is 10.3. The average molecular weight is 367 g/mol. The summed E-state index contributed by atoms with van der Waals surface area (Å²) in [6.45, 7) is 4.40. The summed E-state index contributed by atoms with van der Waals surface area (Å²) in [6.07, 6.45) is 8.80. The molecule has 2 aromatic rings. The Balaban J connectivity index is 1.36. The maximum Gasteiger partial charge on any atom is 0.253 e. The molecular weight excluding hydrogens is 336 g/mol. The van der Waals surface area contributed by atoms with Crippen LogP contribution in [-0.4, -0.2) is 51.7 Å². The highest BCUT2D eigenvalue weighted by atomic mass is 16.2. The van der Waals surface area contributed by atoms with Crippen LogP contribution in [0.2, 0.25) is 0 Å². The Labute approximate surface area is 162 Å². The maximum absolute atomic E-state index is 12.6. The zero-order valence-corrected chi connectivity index (χ0v) is 16.3. The van der Waals surface area contributed by atoms with Gasteiger partial charge in [-0.1, -0.05) is 37.5 Å². The molecule has 1 aliphatic carbocycles. The monoisotopic (exact) mass is 366 g/mol. The van der Waals surface area contributed by atoms with Crippen molar-refractivity contribution in [2.45, 2.75) is 44.6 Å². The van der Waals surface area contributed by atoms with Gasteiger partial charge < -0.3 is 4.90 Å². The van der Waals surface area contributed by atoms with Crippen LogP contribution in [0, 0.1) is 0 Å². The number of benzene rings is 1. The third-order valence-electron chi connectivity index (χ3n) is 6.00. The molecule has 1 saturated carbocycles. The van der Waals surface area contributed by atoms with Crippen LogP contribution < -0.4 is 0 Å². The molecule has 5 nitrogen and oxygen atoms in total. The van der Waals surface area contributed by atoms with E-state index in [1.165, 1.54) is 43.4 Å². The number of hydrogen-bond donors (Lipinski definition) is 0. The number of carbonyl (C=O) groups excluding carboxylic acids is 1. The first kappa shape index (κ1) is 18.2. The smallest absolute Gasteiger partial charge is 0.253 e. The van der Waals surface area contributed by atoms with Gasteiger partial charge in [-0.25, -0.2) is 0 Å². The summed E-state index contributed by atoms with van der Waals surface area (Å²) in [4.78, 5) is 17.1. The molecule has 1 aliphatic heterocycles. The molecule has 1 saturated heterocycles. The van der Waals surface area contributed by atoms with Crippen molar-refractivity contribution in [1.82, 2.24) is 19.6 Å². The Morgan fingerprint density at radius 3 is 2.44 bits per heavy atom. The highest BCUT2D eigenvalue weighted by Crippen LogP contribution is 2.33. The standard InChI is InChI=1S/C22H30N4O/c1-24-16-20(21(23-24)18-8-4-2-5-9-18)17-25-12-14-26(15-13-25)22(27)19-10-6-3-7-11-19/h3,6-7,10-11,16,18H,2,4-5,8-9,12-15,17H2,1H3. The highest BCUT2D eigenvalue weighted by Gasteiger charge is 2.25. The molecule has 0 atom stereocenters. The molecule has 0 bridgehead atoms. The summed E-state index contributed by atoms with van der Waals surface area (Å²) in [6, 6.07) is 9.62. The maximum atomic E-state index is 12.6. The van der Waals surface area contributed by atoms with Gasteiger partial charge in [-0.15, -0.1) is 0 Å². The molecule has 1 aromatic carbocycles. The largest absolute Gasteiger partial charge is 0.336 e. The third-order valence-corrected chi connectivity index (χ3v) is 6.00. The summed E-state index contributed by atoms with van der Waals surface area (Å²) in [5.41, 5.74) is 3.49. The minimum atomic E-state index is 0.152. The van der Waals surface area contributed by atoms with Crippen LogP contribution in [0.4, 0.5) is 0 Å². The van der Waals surface area contributed by atoms with E-state index in [2.05, 4.69) is 11.1 Å². The number of amides is 1. The molecule has 1 aromatic heterocycles. The molecule has 0 unspecified atom stereocenters. The molecule has 4 rings (SSSR count). The van der Waals surface area contributed by atoms with E-state index < -0.39 is 0 Å². The predicted molar refractivity (Wildman–Crippen MR) is 107 cm³/mol. The number of aromatic nitrogens is 2. The van der Waals surface area contributed by atoms with Crippen molar-refractivity contribution in [2.75, 3.05) is 26.2 Å². The Morgan fingerprint density at radius 1 is 1.04 bits per heavy atom. The summed E-state index contributed by atoms with van der Waals surface area (Å²) < 4.78 is 1.98. The minimum Gasteiger partial charge on any atom is -0.336 e. The topological polar surface area (TPSA) is 41.4 Å². The van der Waals surface area contributed by atoms with Gasteiger partial charge >= 0.3 is 0 Å². The average Bonchev–Trinajstić information content (AvgIpc) is 3.09. The lowest BCUT2D eigenvalue weighted by Gasteiger charge is -2.35. The normalized spacial score (nSPS) is 19.4. The van der Waals surface area contributed by atoms with Crippen molar-refractivity contribution < 1.29 is 4.79 Å². The number of hydrogen-bond acceptors (Lipinski definition) is 3. The lowest BCUT2D eigenvalue weighted by Crippen LogP contribution is -2.48. The van der Waals surface area contributed by atoms with Crippen molar-refractivity contribution in [3.05, 3.63) is 53.3 Å². The fourth-order valence-corrected chi connectivity index (χ4v) is 4.51. The van der Waals surface area contributed by atoms with E-state index in [0.29, 0.717) is 5.92 Å². The van der Waals surface area contributed by atoms with Gasteiger partial charge in [0.15, 0.2) is 0 Å². The van der Waals surface area contributed by atoms with Crippen molar-refractivity contribution in [1.29, 1.82) is 0 Å². The van der Waals surface area contributed by atoms with Gasteiger partial charge in [0, 0.05) is 63.0 Å². The molecule has 5 heteroatoms. The quantitative estimate of drug-likeness (QED) is 0.832. The molecule has 27 heavy (non-hydrogen) atoms. The number of aryl methyl sites for hydroxylation is 1. The lowest BCUT2D eigenvalue weighted by molar-refractivity contribution is 0.0628. The van der Waals surface area contributed by atoms with Gasteiger partial charge in [-0.3, -0.25) is 14.4 Å². The molecular formula is C22H30N4O. The predicted octanol–water partition coefficient (Wildman–Crippen LogP) is 3.43. The number of carbonyl (C=O) groups is 1. The summed E-state index contributed by atoms with van der Waals surface area (Å²) in [5.74, 6) is 0.787. The molecule has 144 valence electrons. The summed E-state index contributed by atoms with van der Waals surface area (Å²) >= 11 is 0. The van der Waals surface area contributed by atoms with Gasteiger partial charge in [-0.05, 0) is 25.0 Å². The first-order valence-electron chi connectivity index (χ1n) is 10.3. The van der Waals surface area contributed by atoms with E-state index in [4.69, 9.17) is 5.10 Å². The number of nitrogens with zero attached hydrogens (tertiary/aromatic N) is 4. The van der Waals surface area contributed by atoms with Crippen LogP contribution in [0.15, 0.2) is 36.5 Å². The molecule has 0 N–H and O–H groups in total. The number of rotatable bonds is 4. The fraction of sp³-hybridized carbons (Fsp3) is 0.545. The van der Waals surface area contributed by atoms with E-state index in [1.54, 1.807) is 0 Å². The van der Waals surface area contributed by atoms with Gasteiger partial charge in [0.2, 0.25) is 0 Å². The van der Waals surface area contributed by atoms with E-state index in [-0.39, 0.29) is 5.91 Å². The van der Waals surface area contributed by atoms with Crippen molar-refractivity contribution >= 4 is 5.91 Å². The second-order valence-electron chi connectivity index (χ2n) is 7.98. The van der Waals surface area contributed by atoms with Crippen LogP contribution in [0.5, 0.6) is 0 Å². The van der Waals surface area contributed by atoms with Gasteiger partial charge in [0.25, 0.3) is 5.91 Å². The first-order chi connectivity index (χ1) is 13.2. The van der Waals surface area contributed by atoms with E-state index in [1.807, 2.05) is 47.0 Å². The van der Waals surface area contributed by atoms with Crippen molar-refractivity contribution in [3.8, 4) is 0 Å². The second kappa shape index (κ2) is 8.26. The van der Waals surface area contributed by atoms with Gasteiger partial charge in [0.05, 0.1) is 5.69 Å². The summed E-state index contributed by atoms with van der Waals surface area (Å²) in [5, 5.41) is 4.81. The Morgan fingerprint density at radius 2 is 1.74 bits per heavy atom. The molecule has 0 radical (unpaired) electrons. The van der Waals surface area contributed by atoms with Crippen molar-refractivity contribution in [3.63, 3.8) is 0 Å². The van der Waals surface area contributed by atoms with E-state index >= 15 is 0 Å². The SMILES string of the molecule is Cn1cc(CN2CCN(C(=O)c3ccccc3)CC2)c(C2CCCCC2)n1. The Hall–Kier alpha value is -2.14. The third kappa shape index (κ3) is 4.24. The van der Waals surface area contributed by atoms with Gasteiger partial charge in [-0.2, -0.15) is 5.10 Å². The van der Waals surface area contributed by atoms with Gasteiger partial charge in [0.1, 0.15) is 0 Å². The molecule has 0 spiro atoms. The van der Waals surface area contributed by atoms with Crippen LogP contribution in [0.3, 0.4) is 0 Å². The minimum absolute atomic E-state index is 0.152. The van der Waals surface area contributed by atoms with Crippen LogP contribution in [0.25, 0.3) is 0 Å². The highest BCUT2D eigenvalue weighted by molar-refractivity contribution is 5.94. The molecule has 2 heterocycles. The van der Waals surface area contributed by atoms with Crippen LogP contribution in [-0.2, 0) is 13.6 Å². The second-order valence-corrected chi connectivity index (χ2v) is 7.98. The molecule has 1 amide bonds. The molecule has 2 fully saturated rings. The number of piperazine rings is 1. The van der Waals surface area contributed by atoms with Crippen molar-refractivity contribution in [2.24, 2.45) is 7.05 Å². The Bertz CT molecular complexity index is 756. The Kier molecular flexibility index (Phi) is 5.58. The zero-order valence-electron chi connectivity index (χ0n) is 16.3. The molecule has 2 aliphatic rings. The van der Waals surface area contributed by atoms with E-state index in [9.17, 15) is 4.79 Å². The van der Waals surface area contributed by atoms with Crippen LogP contribution in [0.1, 0.15) is 59.6 Å². The summed E-state index contributed by atoms with van der Waals surface area (Å²) in [7, 11) is 2.03. The fourth-order valence-electron chi connectivity index (χ4n) is 4.51. The van der Waals surface area contributed by atoms with Crippen LogP contribution >= 0.6 is 0 Å². The zero-order chi connectivity index (χ0) is 18.6. The lowest BCUT2D eigenvalue weighted by atomic mass is 9.85.